The minimum atomic E-state index is -1.34. The Labute approximate surface area is 155 Å². The van der Waals surface area contributed by atoms with Crippen LogP contribution in [0.25, 0.3) is 0 Å². The lowest BCUT2D eigenvalue weighted by atomic mass is 9.85. The Morgan fingerprint density at radius 1 is 0.640 bits per heavy atom. The van der Waals surface area contributed by atoms with E-state index in [2.05, 4.69) is 15.9 Å². The molecule has 0 bridgehead atoms. The third-order valence-corrected chi connectivity index (χ3v) is 5.08. The van der Waals surface area contributed by atoms with E-state index in [1.54, 1.807) is 48.5 Å². The van der Waals surface area contributed by atoms with Gasteiger partial charge in [-0.2, -0.15) is 0 Å². The molecule has 0 fully saturated rings. The van der Waals surface area contributed by atoms with E-state index in [9.17, 15) is 9.59 Å². The number of hydrogen-bond donors (Lipinski definition) is 0. The molecule has 0 saturated carbocycles. The summed E-state index contributed by atoms with van der Waals surface area (Å²) in [7, 11) is 0. The number of alkyl halides is 1. The fraction of sp³-hybridized carbons (Fsp3) is 0.0909. The van der Waals surface area contributed by atoms with Gasteiger partial charge in [-0.05, 0) is 5.56 Å². The summed E-state index contributed by atoms with van der Waals surface area (Å²) in [5.74, 6) is -0.461. The van der Waals surface area contributed by atoms with Crippen LogP contribution in [-0.4, -0.2) is 15.9 Å². The first-order valence-corrected chi connectivity index (χ1v) is 8.83. The van der Waals surface area contributed by atoms with Crippen LogP contribution in [0.15, 0.2) is 91.0 Å². The van der Waals surface area contributed by atoms with Crippen molar-refractivity contribution in [2.24, 2.45) is 0 Å². The van der Waals surface area contributed by atoms with Gasteiger partial charge in [0.1, 0.15) is 0 Å². The Kier molecular flexibility index (Phi) is 5.25. The Bertz CT molecular complexity index is 807. The third-order valence-electron chi connectivity index (χ3n) is 4.08. The lowest BCUT2D eigenvalue weighted by Gasteiger charge is -2.25. The molecule has 0 radical (unpaired) electrons. The molecular formula is C22H17BrO2. The largest absolute Gasteiger partial charge is 0.292 e. The summed E-state index contributed by atoms with van der Waals surface area (Å²) < 4.78 is -1.34. The Hall–Kier alpha value is -2.52. The van der Waals surface area contributed by atoms with Gasteiger partial charge in [-0.25, -0.2) is 0 Å². The van der Waals surface area contributed by atoms with Gasteiger partial charge in [0.15, 0.2) is 15.9 Å². The summed E-state index contributed by atoms with van der Waals surface area (Å²) in [4.78, 5) is 26.4. The highest BCUT2D eigenvalue weighted by molar-refractivity contribution is 9.10. The molecule has 0 aliphatic heterocycles. The van der Waals surface area contributed by atoms with Gasteiger partial charge in [0.2, 0.25) is 0 Å². The number of carbonyl (C=O) groups is 2. The lowest BCUT2D eigenvalue weighted by molar-refractivity contribution is 0.0841. The molecule has 0 atom stereocenters. The molecule has 25 heavy (non-hydrogen) atoms. The molecule has 0 aliphatic rings. The number of carbonyl (C=O) groups excluding carboxylic acids is 2. The van der Waals surface area contributed by atoms with Gasteiger partial charge >= 0.3 is 0 Å². The van der Waals surface area contributed by atoms with Crippen LogP contribution in [0, 0.1) is 0 Å². The fourth-order valence-corrected chi connectivity index (χ4v) is 3.56. The quantitative estimate of drug-likeness (QED) is 0.331. The average molecular weight is 393 g/mol. The van der Waals surface area contributed by atoms with Crippen LogP contribution < -0.4 is 0 Å². The molecule has 0 saturated heterocycles. The highest BCUT2D eigenvalue weighted by Gasteiger charge is 2.43. The van der Waals surface area contributed by atoms with E-state index < -0.39 is 4.32 Å². The molecule has 0 unspecified atom stereocenters. The van der Waals surface area contributed by atoms with Crippen molar-refractivity contribution in [2.45, 2.75) is 10.7 Å². The zero-order valence-electron chi connectivity index (χ0n) is 13.6. The first-order valence-electron chi connectivity index (χ1n) is 8.04. The van der Waals surface area contributed by atoms with Gasteiger partial charge in [-0.15, -0.1) is 0 Å². The minimum absolute atomic E-state index is 0.231. The van der Waals surface area contributed by atoms with Crippen LogP contribution in [0.1, 0.15) is 26.3 Å². The smallest absolute Gasteiger partial charge is 0.187 e. The Balaban J connectivity index is 2.04. The molecule has 0 heterocycles. The van der Waals surface area contributed by atoms with Crippen LogP contribution in [0.5, 0.6) is 0 Å². The fourth-order valence-electron chi connectivity index (χ4n) is 2.78. The highest BCUT2D eigenvalue weighted by Crippen LogP contribution is 2.32. The van der Waals surface area contributed by atoms with Crippen molar-refractivity contribution in [1.29, 1.82) is 0 Å². The lowest BCUT2D eigenvalue weighted by Crippen LogP contribution is -2.43. The highest BCUT2D eigenvalue weighted by atomic mass is 79.9. The summed E-state index contributed by atoms with van der Waals surface area (Å²) in [6.07, 6.45) is 0.287. The first-order chi connectivity index (χ1) is 12.1. The summed E-state index contributed by atoms with van der Waals surface area (Å²) in [5.41, 5.74) is 1.95. The predicted molar refractivity (Wildman–Crippen MR) is 103 cm³/mol. The monoisotopic (exact) mass is 392 g/mol. The van der Waals surface area contributed by atoms with E-state index in [4.69, 9.17) is 0 Å². The average Bonchev–Trinajstić information content (AvgIpc) is 2.69. The summed E-state index contributed by atoms with van der Waals surface area (Å²) in [5, 5.41) is 0. The summed E-state index contributed by atoms with van der Waals surface area (Å²) >= 11 is 3.53. The molecule has 0 N–H and O–H groups in total. The van der Waals surface area contributed by atoms with Gasteiger partial charge in [0.05, 0.1) is 0 Å². The molecule has 0 spiro atoms. The second-order valence-corrected chi connectivity index (χ2v) is 7.21. The van der Waals surface area contributed by atoms with Gasteiger partial charge < -0.3 is 0 Å². The zero-order valence-corrected chi connectivity index (χ0v) is 15.1. The summed E-state index contributed by atoms with van der Waals surface area (Å²) in [6, 6.07) is 27.4. The van der Waals surface area contributed by atoms with E-state index in [0.717, 1.165) is 5.56 Å². The molecule has 124 valence electrons. The van der Waals surface area contributed by atoms with Crippen LogP contribution in [-0.2, 0) is 6.42 Å². The van der Waals surface area contributed by atoms with E-state index >= 15 is 0 Å². The van der Waals surface area contributed by atoms with E-state index in [0.29, 0.717) is 11.1 Å². The maximum absolute atomic E-state index is 13.2. The molecule has 2 nitrogen and oxygen atoms in total. The second kappa shape index (κ2) is 7.58. The molecule has 3 aromatic carbocycles. The second-order valence-electron chi connectivity index (χ2n) is 5.85. The van der Waals surface area contributed by atoms with Crippen molar-refractivity contribution in [1.82, 2.24) is 0 Å². The summed E-state index contributed by atoms with van der Waals surface area (Å²) in [6.45, 7) is 0. The number of rotatable bonds is 6. The van der Waals surface area contributed by atoms with Gasteiger partial charge in [0, 0.05) is 17.5 Å². The number of benzene rings is 3. The molecule has 0 aliphatic carbocycles. The van der Waals surface area contributed by atoms with Crippen molar-refractivity contribution in [3.8, 4) is 0 Å². The molecule has 3 aromatic rings. The van der Waals surface area contributed by atoms with E-state index in [-0.39, 0.29) is 18.0 Å². The molecule has 3 heteroatoms. The van der Waals surface area contributed by atoms with Crippen molar-refractivity contribution in [3.63, 3.8) is 0 Å². The van der Waals surface area contributed by atoms with Crippen molar-refractivity contribution >= 4 is 27.5 Å². The Morgan fingerprint density at radius 2 is 1.00 bits per heavy atom. The maximum atomic E-state index is 13.2. The maximum Gasteiger partial charge on any atom is 0.187 e. The van der Waals surface area contributed by atoms with Crippen LogP contribution in [0.3, 0.4) is 0 Å². The van der Waals surface area contributed by atoms with Crippen molar-refractivity contribution < 1.29 is 9.59 Å². The number of ketones is 2. The van der Waals surface area contributed by atoms with Crippen LogP contribution in [0.2, 0.25) is 0 Å². The molecule has 0 amide bonds. The minimum Gasteiger partial charge on any atom is -0.292 e. The van der Waals surface area contributed by atoms with Gasteiger partial charge in [-0.1, -0.05) is 107 Å². The zero-order chi connectivity index (χ0) is 17.7. The number of halogens is 1. The Morgan fingerprint density at radius 3 is 1.40 bits per heavy atom. The first kappa shape index (κ1) is 17.3. The van der Waals surface area contributed by atoms with Crippen LogP contribution in [0.4, 0.5) is 0 Å². The van der Waals surface area contributed by atoms with Gasteiger partial charge in [0.25, 0.3) is 0 Å². The van der Waals surface area contributed by atoms with Crippen molar-refractivity contribution in [3.05, 3.63) is 108 Å². The van der Waals surface area contributed by atoms with E-state index in [1.165, 1.54) is 0 Å². The van der Waals surface area contributed by atoms with Gasteiger partial charge in [-0.3, -0.25) is 9.59 Å². The van der Waals surface area contributed by atoms with E-state index in [1.807, 2.05) is 42.5 Å². The molecular weight excluding hydrogens is 376 g/mol. The molecule has 0 aromatic heterocycles. The standard InChI is InChI=1S/C22H17BrO2/c23-22(16-17-10-4-1-5-11-17,20(24)18-12-6-2-7-13-18)21(25)19-14-8-3-9-15-19/h1-15H,16H2. The number of hydrogen-bond acceptors (Lipinski definition) is 2. The predicted octanol–water partition coefficient (Wildman–Crippen LogP) is 5.13. The van der Waals surface area contributed by atoms with Crippen molar-refractivity contribution in [2.75, 3.05) is 0 Å². The topological polar surface area (TPSA) is 34.1 Å². The van der Waals surface area contributed by atoms with Crippen LogP contribution >= 0.6 is 15.9 Å². The normalized spacial score (nSPS) is 11.1. The number of Topliss-reactive ketones (excluding diaryl/α,β-unsaturated/α-hetero) is 2. The SMILES string of the molecule is O=C(c1ccccc1)C(Br)(Cc1ccccc1)C(=O)c1ccccc1. The molecule has 3 rings (SSSR count). The third kappa shape index (κ3) is 3.77.